The van der Waals surface area contributed by atoms with Crippen LogP contribution in [0, 0.1) is 45.7 Å². The predicted molar refractivity (Wildman–Crippen MR) is 293 cm³/mol. The first-order valence-corrected chi connectivity index (χ1v) is 26.4. The molecule has 0 spiro atoms. The average molecular weight is 1100 g/mol. The fraction of sp³-hybridized carbons (Fsp3) is 0.400. The van der Waals surface area contributed by atoms with Gasteiger partial charge in [-0.25, -0.2) is 41.1 Å². The van der Waals surface area contributed by atoms with Crippen molar-refractivity contribution in [2.75, 3.05) is 68.7 Å². The van der Waals surface area contributed by atoms with Crippen LogP contribution < -0.4 is 32.1 Å². The van der Waals surface area contributed by atoms with Gasteiger partial charge in [-0.15, -0.1) is 0 Å². The van der Waals surface area contributed by atoms with Gasteiger partial charge in [0.15, 0.2) is 46.0 Å². The first-order valence-electron chi connectivity index (χ1n) is 26.4. The van der Waals surface area contributed by atoms with Crippen molar-refractivity contribution in [1.82, 2.24) is 28.9 Å². The number of aromatic nitrogens is 4. The van der Waals surface area contributed by atoms with Crippen molar-refractivity contribution in [2.45, 2.75) is 83.5 Å². The molecule has 2 saturated heterocycles. The van der Waals surface area contributed by atoms with Crippen molar-refractivity contribution >= 4 is 63.1 Å². The number of hydrogen-bond acceptors (Lipinski definition) is 10. The lowest BCUT2D eigenvalue weighted by Crippen LogP contribution is -2.52. The number of aliphatic imine (C=N–C) groups is 2. The third-order valence-corrected chi connectivity index (χ3v) is 14.2. The fourth-order valence-corrected chi connectivity index (χ4v) is 9.88. The number of nitrogens with zero attached hydrogens (tertiary/aromatic N) is 10. The summed E-state index contributed by atoms with van der Waals surface area (Å²) in [6, 6.07) is 8.81. The maximum absolute atomic E-state index is 15.6. The number of fused-ring (bicyclic) bond motifs is 2. The molecule has 0 amide bonds. The van der Waals surface area contributed by atoms with Crippen LogP contribution in [0.1, 0.15) is 93.8 Å². The summed E-state index contributed by atoms with van der Waals surface area (Å²) in [5.74, 6) is -6.38. The average Bonchev–Trinajstić information content (AvgIpc) is 3.62. The number of aromatic carboxylic acids is 1. The van der Waals surface area contributed by atoms with Crippen LogP contribution in [-0.4, -0.2) is 122 Å². The van der Waals surface area contributed by atoms with Crippen LogP contribution in [-0.2, 0) is 0 Å². The number of carboxylic acids is 1. The van der Waals surface area contributed by atoms with E-state index in [4.69, 9.17) is 22.3 Å². The van der Waals surface area contributed by atoms with Crippen LogP contribution in [0.3, 0.4) is 0 Å². The summed E-state index contributed by atoms with van der Waals surface area (Å²) < 4.78 is 90.3. The number of carbonyl (C=O) groups is 1. The number of rotatable bonds is 21. The van der Waals surface area contributed by atoms with Crippen LogP contribution in [0.15, 0.2) is 86.6 Å². The molecule has 0 atom stereocenters. The Morgan fingerprint density at radius 2 is 1.10 bits per heavy atom. The van der Waals surface area contributed by atoms with Crippen molar-refractivity contribution < 1.29 is 36.2 Å². The largest absolute Gasteiger partial charge is 0.477 e. The van der Waals surface area contributed by atoms with Gasteiger partial charge >= 0.3 is 5.97 Å². The molecule has 418 valence electrons. The fourth-order valence-electron chi connectivity index (χ4n) is 9.88. The molecule has 24 heteroatoms. The predicted octanol–water partition coefficient (Wildman–Crippen LogP) is 8.26. The van der Waals surface area contributed by atoms with Gasteiger partial charge in [0.25, 0.3) is 0 Å². The SMILES string of the molecule is N=C(CCCCCCCCCCCCCN=C(N)N=C(N)N1CCN(c2nc3c(cc2F)c(=O)c(C(=O)O)cn3-c2ccc(F)cc2F)CC1)CC(=N)N1CCN(c2nc3c(cc2F)c(=O)ccn3-c2ccc(F)cc2F)CC1. The zero-order chi connectivity index (χ0) is 56.3. The number of hydrogen-bond donors (Lipinski definition) is 5. The van der Waals surface area contributed by atoms with Gasteiger partial charge in [0.05, 0.1) is 22.1 Å². The van der Waals surface area contributed by atoms with Gasteiger partial charge in [-0.3, -0.25) is 29.1 Å². The van der Waals surface area contributed by atoms with E-state index in [1.807, 2.05) is 4.90 Å². The van der Waals surface area contributed by atoms with Gasteiger partial charge in [0.1, 0.15) is 34.7 Å². The summed E-state index contributed by atoms with van der Waals surface area (Å²) >= 11 is 0. The molecular formula is C55H62F6N14O4. The molecule has 2 aromatic carbocycles. The summed E-state index contributed by atoms with van der Waals surface area (Å²) in [4.78, 5) is 61.8. The second-order valence-electron chi connectivity index (χ2n) is 19.6. The van der Waals surface area contributed by atoms with Gasteiger partial charge in [-0.1, -0.05) is 57.8 Å². The third-order valence-electron chi connectivity index (χ3n) is 14.2. The molecule has 7 N–H and O–H groups in total. The molecule has 0 saturated carbocycles. The Morgan fingerprint density at radius 1 is 0.608 bits per heavy atom. The zero-order valence-electron chi connectivity index (χ0n) is 43.5. The topological polar surface area (TPSA) is 244 Å². The van der Waals surface area contributed by atoms with Crippen LogP contribution in [0.5, 0.6) is 0 Å². The van der Waals surface area contributed by atoms with Crippen molar-refractivity contribution in [3.63, 3.8) is 0 Å². The Kier molecular flexibility index (Phi) is 18.6. The maximum Gasteiger partial charge on any atom is 0.341 e. The summed E-state index contributed by atoms with van der Waals surface area (Å²) in [7, 11) is 0. The van der Waals surface area contributed by atoms with E-state index in [2.05, 4.69) is 20.0 Å². The summed E-state index contributed by atoms with van der Waals surface area (Å²) in [6.07, 6.45) is 14.6. The highest BCUT2D eigenvalue weighted by atomic mass is 19.2. The lowest BCUT2D eigenvalue weighted by molar-refractivity contribution is 0.0695. The molecule has 2 fully saturated rings. The number of guanidine groups is 2. The van der Waals surface area contributed by atoms with Gasteiger partial charge in [-0.2, -0.15) is 4.99 Å². The van der Waals surface area contributed by atoms with E-state index >= 15 is 8.78 Å². The molecule has 0 aliphatic carbocycles. The Bertz CT molecular complexity index is 3430. The molecule has 2 aliphatic rings. The third kappa shape index (κ3) is 13.9. The molecule has 2 aliphatic heterocycles. The number of carboxylic acid groups (broad SMARTS) is 1. The monoisotopic (exact) mass is 1100 g/mol. The van der Waals surface area contributed by atoms with Gasteiger partial charge in [0.2, 0.25) is 11.4 Å². The minimum absolute atomic E-state index is 0.00457. The van der Waals surface area contributed by atoms with Crippen LogP contribution in [0.25, 0.3) is 33.4 Å². The van der Waals surface area contributed by atoms with E-state index in [0.717, 1.165) is 118 Å². The number of anilines is 2. The Hall–Kier alpha value is -8.31. The minimum atomic E-state index is -1.61. The highest BCUT2D eigenvalue weighted by molar-refractivity contribution is 6.01. The van der Waals surface area contributed by atoms with E-state index in [0.29, 0.717) is 69.8 Å². The summed E-state index contributed by atoms with van der Waals surface area (Å²) in [5.41, 5.74) is 10.1. The maximum atomic E-state index is 15.6. The minimum Gasteiger partial charge on any atom is -0.477 e. The smallest absolute Gasteiger partial charge is 0.341 e. The molecular weight excluding hydrogens is 1030 g/mol. The van der Waals surface area contributed by atoms with Gasteiger partial charge < -0.3 is 41.6 Å². The number of unbranched alkanes of at least 4 members (excludes halogenated alkanes) is 10. The number of nitrogens with one attached hydrogen (secondary N) is 2. The van der Waals surface area contributed by atoms with E-state index in [-0.39, 0.29) is 71.1 Å². The Labute approximate surface area is 450 Å². The molecule has 79 heavy (non-hydrogen) atoms. The number of piperazine rings is 2. The lowest BCUT2D eigenvalue weighted by atomic mass is 10.0. The molecule has 8 rings (SSSR count). The normalized spacial score (nSPS) is 14.5. The molecule has 0 radical (unpaired) electrons. The molecule has 0 bridgehead atoms. The molecule has 4 aromatic heterocycles. The van der Waals surface area contributed by atoms with Crippen molar-refractivity contribution in [1.29, 1.82) is 10.8 Å². The summed E-state index contributed by atoms with van der Waals surface area (Å²) in [5, 5.41) is 26.4. The molecule has 6 aromatic rings. The van der Waals surface area contributed by atoms with Crippen molar-refractivity contribution in [2.24, 2.45) is 21.5 Å². The Balaban J connectivity index is 0.670. The van der Waals surface area contributed by atoms with E-state index in [1.165, 1.54) is 22.9 Å². The van der Waals surface area contributed by atoms with Crippen molar-refractivity contribution in [3.05, 3.63) is 128 Å². The number of amidine groups is 1. The van der Waals surface area contributed by atoms with Crippen LogP contribution in [0.2, 0.25) is 0 Å². The zero-order valence-corrected chi connectivity index (χ0v) is 43.5. The van der Waals surface area contributed by atoms with Crippen LogP contribution >= 0.6 is 0 Å². The first kappa shape index (κ1) is 56.9. The standard InChI is InChI=1S/C55H62F6N14O4/c56-34-13-15-44(40(58)28-34)74-19-17-46(76)37-31-42(60)51(67-49(37)74)71-22-20-70(21-23-71)47(63)30-36(62)12-10-8-6-4-2-1-3-5-7-9-11-18-66-54(64)69-55(65)73-26-24-72(25-27-73)52-43(61)32-38-48(77)39(53(78)79)33-75(50(38)68-52)45-16-14-35(57)29-41(45)59/h13-17,19,28-29,31-33,62-63H,1-12,18,20-27,30H2,(H,78,79)(H4,64,65,66,69). The second kappa shape index (κ2) is 25.9. The van der Waals surface area contributed by atoms with Gasteiger partial charge in [-0.05, 0) is 55.7 Å². The molecule has 18 nitrogen and oxygen atoms in total. The molecule has 6 heterocycles. The van der Waals surface area contributed by atoms with Crippen molar-refractivity contribution in [3.8, 4) is 11.4 Å². The quantitative estimate of drug-likeness (QED) is 0.0198. The van der Waals surface area contributed by atoms with E-state index < -0.39 is 62.7 Å². The highest BCUT2D eigenvalue weighted by Crippen LogP contribution is 2.28. The summed E-state index contributed by atoms with van der Waals surface area (Å²) in [6.45, 7) is 3.04. The number of halogens is 6. The van der Waals surface area contributed by atoms with E-state index in [9.17, 15) is 37.1 Å². The second-order valence-corrected chi connectivity index (χ2v) is 19.6. The number of benzene rings is 2. The van der Waals surface area contributed by atoms with Crippen LogP contribution in [0.4, 0.5) is 38.0 Å². The lowest BCUT2D eigenvalue weighted by Gasteiger charge is -2.37. The Morgan fingerprint density at radius 3 is 1.65 bits per heavy atom. The van der Waals surface area contributed by atoms with E-state index in [1.54, 1.807) is 14.7 Å². The van der Waals surface area contributed by atoms with Gasteiger partial charge in [0, 0.05) is 102 Å². The number of nitrogens with two attached hydrogens (primary N) is 2. The first-order chi connectivity index (χ1) is 38.0. The number of pyridine rings is 4. The highest BCUT2D eigenvalue weighted by Gasteiger charge is 2.27. The molecule has 0 unspecified atom stereocenters.